The maximum absolute atomic E-state index is 5.24. The highest BCUT2D eigenvalue weighted by Gasteiger charge is 2.21. The molecule has 8 aromatic carbocycles. The number of benzene rings is 8. The fourth-order valence-electron chi connectivity index (χ4n) is 7.70. The van der Waals surface area contributed by atoms with Gasteiger partial charge in [-0.05, 0) is 64.0 Å². The Balaban J connectivity index is 1.23. The van der Waals surface area contributed by atoms with Gasteiger partial charge in [-0.25, -0.2) is 15.0 Å². The Morgan fingerprint density at radius 2 is 0.981 bits per heavy atom. The molecular weight excluding hydrogens is 653 g/mol. The second-order valence-electron chi connectivity index (χ2n) is 13.3. The van der Waals surface area contributed by atoms with Crippen molar-refractivity contribution in [2.24, 2.45) is 0 Å². The quantitative estimate of drug-likeness (QED) is 0.186. The summed E-state index contributed by atoms with van der Waals surface area (Å²) in [5.74, 6) is 1.94. The number of hydrogen-bond acceptors (Lipinski definition) is 4. The zero-order valence-electron chi connectivity index (χ0n) is 27.9. The molecule has 0 unspecified atom stereocenters. The lowest BCUT2D eigenvalue weighted by atomic mass is 10.1. The smallest absolute Gasteiger partial charge is 0.164 e. The summed E-state index contributed by atoms with van der Waals surface area (Å²) < 4.78 is 4.93. The zero-order valence-corrected chi connectivity index (χ0v) is 28.7. The number of fused-ring (bicyclic) bond motifs is 8. The average molecular weight is 681 g/mol. The standard InChI is InChI=1S/C47H28N4S/c1-2-13-30(14-3-1)45-48-46(34-23-22-29-12-4-5-15-31(29)24-34)50-47(49-45)35-26-39-37-19-9-11-21-43(37)52-44(39)42(28-35)51-40-20-10-8-18-36(40)38-25-32-16-6-7-17-33(32)27-41(38)51/h1-28H. The third-order valence-electron chi connectivity index (χ3n) is 10.2. The van der Waals surface area contributed by atoms with Crippen LogP contribution in [0.2, 0.25) is 0 Å². The van der Waals surface area contributed by atoms with Gasteiger partial charge in [0.25, 0.3) is 0 Å². The van der Waals surface area contributed by atoms with Crippen molar-refractivity contribution in [2.75, 3.05) is 0 Å². The van der Waals surface area contributed by atoms with Crippen LogP contribution in [0.15, 0.2) is 170 Å². The molecule has 3 heterocycles. The topological polar surface area (TPSA) is 43.6 Å². The highest BCUT2D eigenvalue weighted by atomic mass is 32.1. The molecule has 0 atom stereocenters. The molecule has 11 rings (SSSR count). The largest absolute Gasteiger partial charge is 0.308 e. The lowest BCUT2D eigenvalue weighted by molar-refractivity contribution is 1.07. The average Bonchev–Trinajstić information content (AvgIpc) is 3.75. The molecule has 0 aliphatic carbocycles. The number of hydrogen-bond donors (Lipinski definition) is 0. The second-order valence-corrected chi connectivity index (χ2v) is 14.3. The Bertz CT molecular complexity index is 3190. The van der Waals surface area contributed by atoms with Gasteiger partial charge in [0.2, 0.25) is 0 Å². The Morgan fingerprint density at radius 3 is 1.79 bits per heavy atom. The predicted octanol–water partition coefficient (Wildman–Crippen LogP) is 12.6. The predicted molar refractivity (Wildman–Crippen MR) is 218 cm³/mol. The van der Waals surface area contributed by atoms with Crippen LogP contribution in [0, 0.1) is 0 Å². The second kappa shape index (κ2) is 11.4. The number of aromatic nitrogens is 4. The first-order valence-corrected chi connectivity index (χ1v) is 18.3. The molecule has 0 amide bonds. The zero-order chi connectivity index (χ0) is 34.2. The molecular formula is C47H28N4S. The Morgan fingerprint density at radius 1 is 0.365 bits per heavy atom. The molecule has 0 N–H and O–H groups in total. The SMILES string of the molecule is c1ccc(-c2nc(-c3ccc4ccccc4c3)nc(-c3cc(-n4c5ccccc5c5cc6ccccc6cc54)c4sc5ccccc5c4c3)n2)cc1. The lowest BCUT2D eigenvalue weighted by Gasteiger charge is -2.13. The van der Waals surface area contributed by atoms with E-state index in [0.717, 1.165) is 27.8 Å². The van der Waals surface area contributed by atoms with E-state index in [0.29, 0.717) is 17.5 Å². The first kappa shape index (κ1) is 29.1. The Kier molecular flexibility index (Phi) is 6.39. The van der Waals surface area contributed by atoms with Gasteiger partial charge < -0.3 is 4.57 Å². The first-order valence-electron chi connectivity index (χ1n) is 17.4. The summed E-state index contributed by atoms with van der Waals surface area (Å²) in [6.07, 6.45) is 0. The number of nitrogens with zero attached hydrogens (tertiary/aromatic N) is 4. The Hall–Kier alpha value is -6.69. The van der Waals surface area contributed by atoms with Crippen molar-refractivity contribution in [2.45, 2.75) is 0 Å². The van der Waals surface area contributed by atoms with Gasteiger partial charge >= 0.3 is 0 Å². The van der Waals surface area contributed by atoms with Gasteiger partial charge in [0, 0.05) is 42.9 Å². The van der Waals surface area contributed by atoms with E-state index in [2.05, 4.69) is 156 Å². The lowest BCUT2D eigenvalue weighted by Crippen LogP contribution is -2.01. The van der Waals surface area contributed by atoms with Crippen LogP contribution in [0.4, 0.5) is 0 Å². The third-order valence-corrected chi connectivity index (χ3v) is 11.4. The normalized spacial score (nSPS) is 11.8. The van der Waals surface area contributed by atoms with Gasteiger partial charge in [0.1, 0.15) is 0 Å². The summed E-state index contributed by atoms with van der Waals surface area (Å²) in [5, 5.41) is 9.66. The molecule has 0 fully saturated rings. The van der Waals surface area contributed by atoms with Gasteiger partial charge in [-0.3, -0.25) is 0 Å². The van der Waals surface area contributed by atoms with Crippen LogP contribution in [0.25, 0.3) is 103 Å². The van der Waals surface area contributed by atoms with Crippen molar-refractivity contribution < 1.29 is 0 Å². The molecule has 0 radical (unpaired) electrons. The van der Waals surface area contributed by atoms with Crippen molar-refractivity contribution in [1.29, 1.82) is 0 Å². The fraction of sp³-hybridized carbons (Fsp3) is 0. The van der Waals surface area contributed by atoms with E-state index in [9.17, 15) is 0 Å². The molecule has 0 saturated heterocycles. The fourth-order valence-corrected chi connectivity index (χ4v) is 8.89. The van der Waals surface area contributed by atoms with Crippen molar-refractivity contribution >= 4 is 74.9 Å². The highest BCUT2D eigenvalue weighted by molar-refractivity contribution is 7.26. The third kappa shape index (κ3) is 4.57. The minimum absolute atomic E-state index is 0.640. The van der Waals surface area contributed by atoms with Crippen molar-refractivity contribution in [1.82, 2.24) is 19.5 Å². The van der Waals surface area contributed by atoms with E-state index in [1.807, 2.05) is 29.5 Å². The summed E-state index contributed by atoms with van der Waals surface area (Å²) in [6.45, 7) is 0. The van der Waals surface area contributed by atoms with Crippen molar-refractivity contribution in [3.05, 3.63) is 170 Å². The van der Waals surface area contributed by atoms with Gasteiger partial charge in [-0.15, -0.1) is 11.3 Å². The van der Waals surface area contributed by atoms with E-state index < -0.39 is 0 Å². The molecule has 11 aromatic rings. The van der Waals surface area contributed by atoms with E-state index >= 15 is 0 Å². The number of thiophene rings is 1. The van der Waals surface area contributed by atoms with E-state index in [4.69, 9.17) is 15.0 Å². The summed E-state index contributed by atoms with van der Waals surface area (Å²) in [6, 6.07) is 60.3. The first-order chi connectivity index (χ1) is 25.7. The van der Waals surface area contributed by atoms with Crippen LogP contribution in [-0.2, 0) is 0 Å². The maximum Gasteiger partial charge on any atom is 0.164 e. The summed E-state index contributed by atoms with van der Waals surface area (Å²) in [7, 11) is 0. The van der Waals surface area contributed by atoms with Crippen LogP contribution >= 0.6 is 11.3 Å². The molecule has 0 spiro atoms. The molecule has 0 aliphatic rings. The minimum Gasteiger partial charge on any atom is -0.308 e. The molecule has 52 heavy (non-hydrogen) atoms. The molecule has 5 heteroatoms. The molecule has 0 saturated carbocycles. The van der Waals surface area contributed by atoms with Crippen LogP contribution in [0.3, 0.4) is 0 Å². The summed E-state index contributed by atoms with van der Waals surface area (Å²) in [4.78, 5) is 15.5. The van der Waals surface area contributed by atoms with Gasteiger partial charge in [0.15, 0.2) is 17.5 Å². The maximum atomic E-state index is 5.24. The highest BCUT2D eigenvalue weighted by Crippen LogP contribution is 2.43. The number of rotatable bonds is 4. The molecule has 0 aliphatic heterocycles. The molecule has 3 aromatic heterocycles. The van der Waals surface area contributed by atoms with Crippen LogP contribution in [0.5, 0.6) is 0 Å². The van der Waals surface area contributed by atoms with E-state index in [1.54, 1.807) is 0 Å². The van der Waals surface area contributed by atoms with Crippen LogP contribution < -0.4 is 0 Å². The van der Waals surface area contributed by atoms with Crippen LogP contribution in [0.1, 0.15) is 0 Å². The summed E-state index contributed by atoms with van der Waals surface area (Å²) in [5.41, 5.74) is 6.30. The molecule has 4 nitrogen and oxygen atoms in total. The Labute approximate surface area is 302 Å². The van der Waals surface area contributed by atoms with Crippen LogP contribution in [-0.4, -0.2) is 19.5 Å². The number of para-hydroxylation sites is 1. The van der Waals surface area contributed by atoms with E-state index in [1.165, 1.54) is 58.1 Å². The van der Waals surface area contributed by atoms with Crippen molar-refractivity contribution in [3.63, 3.8) is 0 Å². The summed E-state index contributed by atoms with van der Waals surface area (Å²) >= 11 is 1.84. The van der Waals surface area contributed by atoms with Gasteiger partial charge in [-0.1, -0.05) is 127 Å². The van der Waals surface area contributed by atoms with Crippen molar-refractivity contribution in [3.8, 4) is 39.9 Å². The minimum atomic E-state index is 0.640. The monoisotopic (exact) mass is 680 g/mol. The van der Waals surface area contributed by atoms with Gasteiger partial charge in [-0.2, -0.15) is 0 Å². The van der Waals surface area contributed by atoms with E-state index in [-0.39, 0.29) is 0 Å². The molecule has 0 bridgehead atoms. The molecule has 242 valence electrons. The van der Waals surface area contributed by atoms with Gasteiger partial charge in [0.05, 0.1) is 21.4 Å².